The molecular weight excluding hydrogens is 297 g/mol. The van der Waals surface area contributed by atoms with Crippen LogP contribution in [0.3, 0.4) is 0 Å². The lowest BCUT2D eigenvalue weighted by molar-refractivity contribution is -0.146. The molecule has 118 valence electrons. The maximum Gasteiger partial charge on any atom is 0.453 e. The maximum absolute atomic E-state index is 12.9. The van der Waals surface area contributed by atoms with Crippen LogP contribution in [0, 0.1) is 5.92 Å². The van der Waals surface area contributed by atoms with Crippen LogP contribution in [-0.2, 0) is 6.18 Å². The summed E-state index contributed by atoms with van der Waals surface area (Å²) in [7, 11) is 0. The lowest BCUT2D eigenvalue weighted by Gasteiger charge is -2.35. The van der Waals surface area contributed by atoms with E-state index >= 15 is 0 Å². The standard InChI is InChI=1S/C13H15F3N6/c14-13(15,16)12-19-18-10-1-2-11(20-22(10)12)21-6-4-9-8(7-21)3-5-17-9/h1-2,8-9,17H,3-7H2. The van der Waals surface area contributed by atoms with Gasteiger partial charge in [-0.2, -0.15) is 17.7 Å². The number of aromatic nitrogens is 4. The highest BCUT2D eigenvalue weighted by Gasteiger charge is 2.38. The average molecular weight is 312 g/mol. The van der Waals surface area contributed by atoms with E-state index in [1.165, 1.54) is 6.07 Å². The molecule has 0 spiro atoms. The van der Waals surface area contributed by atoms with E-state index in [-0.39, 0.29) is 5.65 Å². The molecule has 0 amide bonds. The van der Waals surface area contributed by atoms with Gasteiger partial charge in [-0.1, -0.05) is 0 Å². The molecule has 0 aliphatic carbocycles. The summed E-state index contributed by atoms with van der Waals surface area (Å²) in [5, 5.41) is 14.3. The number of rotatable bonds is 1. The molecule has 2 aliphatic heterocycles. The zero-order valence-electron chi connectivity index (χ0n) is 11.7. The molecule has 1 N–H and O–H groups in total. The molecule has 0 radical (unpaired) electrons. The lowest BCUT2D eigenvalue weighted by atomic mass is 9.93. The molecule has 2 aromatic heterocycles. The summed E-state index contributed by atoms with van der Waals surface area (Å²) in [5.74, 6) is -0.000773. The van der Waals surface area contributed by atoms with Gasteiger partial charge in [0.15, 0.2) is 5.65 Å². The smallest absolute Gasteiger partial charge is 0.355 e. The number of piperidine rings is 1. The van der Waals surface area contributed by atoms with Gasteiger partial charge in [0.05, 0.1) is 0 Å². The summed E-state index contributed by atoms with van der Waals surface area (Å²) in [6.45, 7) is 2.62. The third-order valence-electron chi connectivity index (χ3n) is 4.48. The Morgan fingerprint density at radius 3 is 2.86 bits per heavy atom. The Hall–Kier alpha value is -1.90. The molecule has 2 aliphatic rings. The summed E-state index contributed by atoms with van der Waals surface area (Å²) in [6.07, 6.45) is -2.48. The predicted molar refractivity (Wildman–Crippen MR) is 72.5 cm³/mol. The number of nitrogens with one attached hydrogen (secondary N) is 1. The molecule has 0 saturated carbocycles. The van der Waals surface area contributed by atoms with Crippen LogP contribution < -0.4 is 10.2 Å². The molecule has 6 nitrogen and oxygen atoms in total. The van der Waals surface area contributed by atoms with Gasteiger partial charge in [0.1, 0.15) is 5.82 Å². The molecule has 4 rings (SSSR count). The highest BCUT2D eigenvalue weighted by atomic mass is 19.4. The van der Waals surface area contributed by atoms with E-state index in [9.17, 15) is 13.2 Å². The zero-order valence-corrected chi connectivity index (χ0v) is 11.7. The van der Waals surface area contributed by atoms with Crippen LogP contribution in [-0.4, -0.2) is 45.5 Å². The van der Waals surface area contributed by atoms with Crippen LogP contribution in [0.1, 0.15) is 18.7 Å². The second kappa shape index (κ2) is 4.80. The molecule has 9 heteroatoms. The Labute approximate surface area is 124 Å². The third-order valence-corrected chi connectivity index (χ3v) is 4.48. The van der Waals surface area contributed by atoms with Gasteiger partial charge in [0, 0.05) is 19.1 Å². The number of hydrogen-bond acceptors (Lipinski definition) is 5. The topological polar surface area (TPSA) is 58.4 Å². The van der Waals surface area contributed by atoms with Gasteiger partial charge in [-0.25, -0.2) is 0 Å². The first-order chi connectivity index (χ1) is 10.5. The molecule has 2 aromatic rings. The monoisotopic (exact) mass is 312 g/mol. The number of alkyl halides is 3. The van der Waals surface area contributed by atoms with Gasteiger partial charge >= 0.3 is 6.18 Å². The number of halogens is 3. The second-order valence-corrected chi connectivity index (χ2v) is 5.83. The van der Waals surface area contributed by atoms with Crippen LogP contribution in [0.15, 0.2) is 12.1 Å². The number of fused-ring (bicyclic) bond motifs is 2. The summed E-state index contributed by atoms with van der Waals surface area (Å²) in [5.41, 5.74) is 0.105. The van der Waals surface area contributed by atoms with Gasteiger partial charge < -0.3 is 10.2 Å². The van der Waals surface area contributed by atoms with Crippen LogP contribution in [0.2, 0.25) is 0 Å². The quantitative estimate of drug-likeness (QED) is 0.861. The maximum atomic E-state index is 12.9. The first-order valence-electron chi connectivity index (χ1n) is 7.30. The fourth-order valence-electron chi connectivity index (χ4n) is 3.38. The van der Waals surface area contributed by atoms with E-state index in [2.05, 4.69) is 20.6 Å². The molecule has 22 heavy (non-hydrogen) atoms. The van der Waals surface area contributed by atoms with E-state index in [1.807, 2.05) is 4.90 Å². The largest absolute Gasteiger partial charge is 0.453 e. The van der Waals surface area contributed by atoms with Gasteiger partial charge in [-0.15, -0.1) is 15.3 Å². The SMILES string of the molecule is FC(F)(F)c1nnc2ccc(N3CCC4NCCC4C3)nn12. The van der Waals surface area contributed by atoms with E-state index in [0.29, 0.717) is 17.8 Å². The molecule has 0 aromatic carbocycles. The Bertz CT molecular complexity index is 697. The normalized spacial score (nSPS) is 25.7. The van der Waals surface area contributed by atoms with Crippen LogP contribution in [0.25, 0.3) is 5.65 Å². The van der Waals surface area contributed by atoms with E-state index < -0.39 is 12.0 Å². The first-order valence-corrected chi connectivity index (χ1v) is 7.30. The van der Waals surface area contributed by atoms with E-state index in [1.54, 1.807) is 6.07 Å². The predicted octanol–water partition coefficient (Wildman–Crippen LogP) is 1.33. The molecule has 2 saturated heterocycles. The van der Waals surface area contributed by atoms with Crippen molar-refractivity contribution in [3.8, 4) is 0 Å². The van der Waals surface area contributed by atoms with Crippen LogP contribution in [0.4, 0.5) is 19.0 Å². The fourth-order valence-corrected chi connectivity index (χ4v) is 3.38. The van der Waals surface area contributed by atoms with Crippen molar-refractivity contribution in [2.24, 2.45) is 5.92 Å². The van der Waals surface area contributed by atoms with Crippen molar-refractivity contribution in [3.05, 3.63) is 18.0 Å². The van der Waals surface area contributed by atoms with Crippen LogP contribution in [0.5, 0.6) is 0 Å². The van der Waals surface area contributed by atoms with E-state index in [0.717, 1.165) is 37.0 Å². The van der Waals surface area contributed by atoms with Crippen molar-refractivity contribution in [1.82, 2.24) is 25.1 Å². The summed E-state index contributed by atoms with van der Waals surface area (Å²) in [6, 6.07) is 3.77. The highest BCUT2D eigenvalue weighted by Crippen LogP contribution is 2.30. The molecule has 2 unspecified atom stereocenters. The van der Waals surface area contributed by atoms with Crippen molar-refractivity contribution < 1.29 is 13.2 Å². The Balaban J connectivity index is 1.67. The second-order valence-electron chi connectivity index (χ2n) is 5.83. The molecule has 2 fully saturated rings. The third kappa shape index (κ3) is 2.20. The number of hydrogen-bond donors (Lipinski definition) is 1. The molecule has 0 bridgehead atoms. The van der Waals surface area contributed by atoms with Crippen molar-refractivity contribution in [1.29, 1.82) is 0 Å². The first kappa shape index (κ1) is 13.7. The summed E-state index contributed by atoms with van der Waals surface area (Å²) < 4.78 is 39.5. The van der Waals surface area contributed by atoms with Gasteiger partial charge in [-0.3, -0.25) is 0 Å². The van der Waals surface area contributed by atoms with Gasteiger partial charge in [-0.05, 0) is 37.4 Å². The van der Waals surface area contributed by atoms with Gasteiger partial charge in [0.25, 0.3) is 5.82 Å². The minimum atomic E-state index is -4.56. The highest BCUT2D eigenvalue weighted by molar-refractivity contribution is 5.46. The van der Waals surface area contributed by atoms with Crippen molar-refractivity contribution in [2.75, 3.05) is 24.5 Å². The van der Waals surface area contributed by atoms with Gasteiger partial charge in [0.2, 0.25) is 0 Å². The minimum absolute atomic E-state index is 0.105. The summed E-state index contributed by atoms with van der Waals surface area (Å²) in [4.78, 5) is 2.05. The fraction of sp³-hybridized carbons (Fsp3) is 0.615. The Morgan fingerprint density at radius 1 is 1.18 bits per heavy atom. The average Bonchev–Trinajstić information content (AvgIpc) is 3.11. The number of nitrogens with zero attached hydrogens (tertiary/aromatic N) is 5. The van der Waals surface area contributed by atoms with Crippen LogP contribution >= 0.6 is 0 Å². The van der Waals surface area contributed by atoms with Crippen molar-refractivity contribution >= 4 is 11.5 Å². The molecular formula is C13H15F3N6. The minimum Gasteiger partial charge on any atom is -0.355 e. The zero-order chi connectivity index (χ0) is 15.3. The van der Waals surface area contributed by atoms with Crippen molar-refractivity contribution in [2.45, 2.75) is 25.1 Å². The molecule has 2 atom stereocenters. The van der Waals surface area contributed by atoms with Crippen molar-refractivity contribution in [3.63, 3.8) is 0 Å². The Morgan fingerprint density at radius 2 is 2.05 bits per heavy atom. The summed E-state index contributed by atoms with van der Waals surface area (Å²) >= 11 is 0. The van der Waals surface area contributed by atoms with E-state index in [4.69, 9.17) is 0 Å². The lowest BCUT2D eigenvalue weighted by Crippen LogP contribution is -2.44. The Kier molecular flexibility index (Phi) is 3.00. The molecule has 4 heterocycles. The number of anilines is 1.